The third kappa shape index (κ3) is 3.36. The third-order valence-electron chi connectivity index (χ3n) is 3.65. The zero-order chi connectivity index (χ0) is 14.0. The number of aliphatic carboxylic acids is 1. The molecule has 0 bridgehead atoms. The van der Waals surface area contributed by atoms with E-state index in [-0.39, 0.29) is 18.6 Å². The monoisotopic (exact) mass is 267 g/mol. The Bertz CT molecular complexity index is 454. The predicted octanol–water partition coefficient (Wildman–Crippen LogP) is 2.13. The second kappa shape index (κ2) is 5.75. The van der Waals surface area contributed by atoms with Gasteiger partial charge in [0.05, 0.1) is 19.1 Å². The van der Waals surface area contributed by atoms with Gasteiger partial charge in [0.15, 0.2) is 0 Å². The highest BCUT2D eigenvalue weighted by atomic mass is 16.5. The van der Waals surface area contributed by atoms with Crippen molar-refractivity contribution in [1.82, 2.24) is 4.90 Å². The van der Waals surface area contributed by atoms with E-state index in [1.165, 1.54) is 5.56 Å². The molecule has 2 rings (SSSR count). The lowest BCUT2D eigenvalue weighted by atomic mass is 10.1. The summed E-state index contributed by atoms with van der Waals surface area (Å²) in [6, 6.07) is 2.28. The molecule has 1 aliphatic rings. The van der Waals surface area contributed by atoms with E-state index in [4.69, 9.17) is 14.3 Å². The normalized spacial score (nSPS) is 22.4. The molecule has 2 unspecified atom stereocenters. The van der Waals surface area contributed by atoms with Crippen molar-refractivity contribution in [2.45, 2.75) is 39.3 Å². The van der Waals surface area contributed by atoms with Crippen LogP contribution in [0.5, 0.6) is 0 Å². The van der Waals surface area contributed by atoms with Gasteiger partial charge in [-0.25, -0.2) is 0 Å². The zero-order valence-electron chi connectivity index (χ0n) is 11.7. The quantitative estimate of drug-likeness (QED) is 0.905. The lowest BCUT2D eigenvalue weighted by molar-refractivity contribution is -0.142. The SMILES string of the molecule is Cc1cc(C(C)N2CCOC(CC(=O)O)C2)c(C)o1. The zero-order valence-corrected chi connectivity index (χ0v) is 11.7. The molecular formula is C14H21NO4. The Labute approximate surface area is 113 Å². The van der Waals surface area contributed by atoms with E-state index in [1.807, 2.05) is 13.8 Å². The van der Waals surface area contributed by atoms with Gasteiger partial charge in [-0.2, -0.15) is 0 Å². The van der Waals surface area contributed by atoms with E-state index < -0.39 is 5.97 Å². The maximum Gasteiger partial charge on any atom is 0.306 e. The average molecular weight is 267 g/mol. The highest BCUT2D eigenvalue weighted by molar-refractivity contribution is 5.67. The lowest BCUT2D eigenvalue weighted by Gasteiger charge is -2.36. The number of morpholine rings is 1. The first-order valence-electron chi connectivity index (χ1n) is 6.61. The first-order valence-corrected chi connectivity index (χ1v) is 6.61. The Morgan fingerprint density at radius 2 is 2.32 bits per heavy atom. The second-order valence-corrected chi connectivity index (χ2v) is 5.13. The van der Waals surface area contributed by atoms with E-state index in [0.29, 0.717) is 13.2 Å². The highest BCUT2D eigenvalue weighted by Crippen LogP contribution is 2.28. The van der Waals surface area contributed by atoms with E-state index in [1.54, 1.807) is 0 Å². The minimum atomic E-state index is -0.810. The number of rotatable bonds is 4. The summed E-state index contributed by atoms with van der Waals surface area (Å²) in [5, 5.41) is 8.84. The molecule has 0 radical (unpaired) electrons. The minimum Gasteiger partial charge on any atom is -0.481 e. The summed E-state index contributed by atoms with van der Waals surface area (Å²) in [5.74, 6) is 1.04. The third-order valence-corrected chi connectivity index (χ3v) is 3.65. The van der Waals surface area contributed by atoms with Crippen molar-refractivity contribution in [2.24, 2.45) is 0 Å². The Balaban J connectivity index is 2.04. The van der Waals surface area contributed by atoms with Crippen LogP contribution in [0.15, 0.2) is 10.5 Å². The molecule has 0 amide bonds. The first kappa shape index (κ1) is 14.1. The van der Waals surface area contributed by atoms with Crippen LogP contribution in [0.25, 0.3) is 0 Å². The van der Waals surface area contributed by atoms with Crippen LogP contribution < -0.4 is 0 Å². The van der Waals surface area contributed by atoms with Crippen molar-refractivity contribution in [3.05, 3.63) is 23.2 Å². The Kier molecular flexibility index (Phi) is 4.27. The maximum absolute atomic E-state index is 10.8. The van der Waals surface area contributed by atoms with Crippen molar-refractivity contribution < 1.29 is 19.1 Å². The topological polar surface area (TPSA) is 62.9 Å². The van der Waals surface area contributed by atoms with E-state index in [2.05, 4.69) is 17.9 Å². The van der Waals surface area contributed by atoms with Crippen LogP contribution in [-0.4, -0.2) is 41.8 Å². The Hall–Kier alpha value is -1.33. The summed E-state index contributed by atoms with van der Waals surface area (Å²) in [7, 11) is 0. The van der Waals surface area contributed by atoms with Crippen LogP contribution in [0.2, 0.25) is 0 Å². The number of ether oxygens (including phenoxy) is 1. The molecule has 1 fully saturated rings. The molecule has 106 valence electrons. The molecule has 19 heavy (non-hydrogen) atoms. The summed E-state index contributed by atoms with van der Waals surface area (Å²) < 4.78 is 11.1. The number of carboxylic acid groups (broad SMARTS) is 1. The fraction of sp³-hybridized carbons (Fsp3) is 0.643. The largest absolute Gasteiger partial charge is 0.481 e. The molecule has 0 saturated carbocycles. The number of furan rings is 1. The van der Waals surface area contributed by atoms with E-state index in [9.17, 15) is 4.79 Å². The molecule has 2 heterocycles. The van der Waals surface area contributed by atoms with Gasteiger partial charge in [-0.05, 0) is 26.8 Å². The van der Waals surface area contributed by atoms with Gasteiger partial charge in [0.2, 0.25) is 0 Å². The van der Waals surface area contributed by atoms with Crippen LogP contribution in [0.3, 0.4) is 0 Å². The number of hydrogen-bond donors (Lipinski definition) is 1. The number of hydrogen-bond acceptors (Lipinski definition) is 4. The predicted molar refractivity (Wildman–Crippen MR) is 70.2 cm³/mol. The van der Waals surface area contributed by atoms with Gasteiger partial charge in [0.25, 0.3) is 0 Å². The van der Waals surface area contributed by atoms with Crippen molar-refractivity contribution in [2.75, 3.05) is 19.7 Å². The van der Waals surface area contributed by atoms with Crippen molar-refractivity contribution in [1.29, 1.82) is 0 Å². The van der Waals surface area contributed by atoms with Crippen LogP contribution in [-0.2, 0) is 9.53 Å². The average Bonchev–Trinajstić information content (AvgIpc) is 2.67. The molecule has 0 spiro atoms. The first-order chi connectivity index (χ1) is 8.97. The van der Waals surface area contributed by atoms with Crippen LogP contribution in [0.4, 0.5) is 0 Å². The van der Waals surface area contributed by atoms with Crippen LogP contribution in [0, 0.1) is 13.8 Å². The fourth-order valence-electron chi connectivity index (χ4n) is 2.67. The number of aryl methyl sites for hydroxylation is 2. The smallest absolute Gasteiger partial charge is 0.306 e. The van der Waals surface area contributed by atoms with Crippen molar-refractivity contribution in [3.63, 3.8) is 0 Å². The molecule has 0 aromatic carbocycles. The Morgan fingerprint density at radius 1 is 1.58 bits per heavy atom. The van der Waals surface area contributed by atoms with Gasteiger partial charge < -0.3 is 14.3 Å². The van der Waals surface area contributed by atoms with Crippen LogP contribution >= 0.6 is 0 Å². The lowest BCUT2D eigenvalue weighted by Crippen LogP contribution is -2.44. The molecule has 1 aromatic rings. The van der Waals surface area contributed by atoms with Gasteiger partial charge >= 0.3 is 5.97 Å². The number of nitrogens with zero attached hydrogens (tertiary/aromatic N) is 1. The van der Waals surface area contributed by atoms with Gasteiger partial charge in [-0.3, -0.25) is 9.69 Å². The highest BCUT2D eigenvalue weighted by Gasteiger charge is 2.27. The minimum absolute atomic E-state index is 0.0621. The molecule has 1 aromatic heterocycles. The van der Waals surface area contributed by atoms with E-state index >= 15 is 0 Å². The molecule has 1 aliphatic heterocycles. The molecule has 1 saturated heterocycles. The summed E-state index contributed by atoms with van der Waals surface area (Å²) >= 11 is 0. The van der Waals surface area contributed by atoms with Gasteiger partial charge in [-0.1, -0.05) is 0 Å². The summed E-state index contributed by atoms with van der Waals surface area (Å²) in [5.41, 5.74) is 1.17. The number of carbonyl (C=O) groups is 1. The number of carboxylic acids is 1. The van der Waals surface area contributed by atoms with E-state index in [0.717, 1.165) is 18.1 Å². The van der Waals surface area contributed by atoms with Gasteiger partial charge in [0, 0.05) is 24.7 Å². The summed E-state index contributed by atoms with van der Waals surface area (Å²) in [4.78, 5) is 13.0. The fourth-order valence-corrected chi connectivity index (χ4v) is 2.67. The second-order valence-electron chi connectivity index (χ2n) is 5.13. The summed E-state index contributed by atoms with van der Waals surface area (Å²) in [6.07, 6.45) is -0.158. The van der Waals surface area contributed by atoms with Crippen molar-refractivity contribution >= 4 is 5.97 Å². The van der Waals surface area contributed by atoms with Gasteiger partial charge in [-0.15, -0.1) is 0 Å². The van der Waals surface area contributed by atoms with Crippen molar-refractivity contribution in [3.8, 4) is 0 Å². The molecular weight excluding hydrogens is 246 g/mol. The molecule has 5 nitrogen and oxygen atoms in total. The molecule has 0 aliphatic carbocycles. The molecule has 5 heteroatoms. The summed E-state index contributed by atoms with van der Waals surface area (Å²) in [6.45, 7) is 8.08. The maximum atomic E-state index is 10.8. The Morgan fingerprint density at radius 3 is 2.89 bits per heavy atom. The molecule has 1 N–H and O–H groups in total. The van der Waals surface area contributed by atoms with Crippen LogP contribution in [0.1, 0.15) is 36.5 Å². The molecule has 2 atom stereocenters. The standard InChI is InChI=1S/C14H21NO4/c1-9-6-13(11(3)19-9)10(2)15-4-5-18-12(8-15)7-14(16)17/h6,10,12H,4-5,7-8H2,1-3H3,(H,16,17). The van der Waals surface area contributed by atoms with Gasteiger partial charge in [0.1, 0.15) is 11.5 Å².